The van der Waals surface area contributed by atoms with E-state index in [1.165, 1.54) is 50.1 Å². The number of hydrogen-bond acceptors (Lipinski definition) is 6. The second kappa shape index (κ2) is 16.4. The molecule has 4 heterocycles. The average molecular weight is 706 g/mol. The Labute approximate surface area is 311 Å². The number of benzene rings is 4. The van der Waals surface area contributed by atoms with Crippen molar-refractivity contribution in [1.29, 1.82) is 0 Å². The van der Waals surface area contributed by atoms with Gasteiger partial charge in [-0.05, 0) is 102 Å². The van der Waals surface area contributed by atoms with E-state index in [1.54, 1.807) is 0 Å². The van der Waals surface area contributed by atoms with Crippen molar-refractivity contribution in [2.45, 2.75) is 58.7 Å². The van der Waals surface area contributed by atoms with Crippen LogP contribution < -0.4 is 21.3 Å². The van der Waals surface area contributed by atoms with Crippen LogP contribution in [0.5, 0.6) is 0 Å². The van der Waals surface area contributed by atoms with Crippen LogP contribution in [0, 0.1) is 13.8 Å². The normalized spacial score (nSPS) is 15.3. The van der Waals surface area contributed by atoms with Crippen LogP contribution in [0.1, 0.15) is 47.9 Å². The summed E-state index contributed by atoms with van der Waals surface area (Å²) >= 11 is 0. The van der Waals surface area contributed by atoms with E-state index in [0.29, 0.717) is 6.42 Å². The van der Waals surface area contributed by atoms with Crippen molar-refractivity contribution in [3.05, 3.63) is 126 Å². The molecule has 0 unspecified atom stereocenters. The van der Waals surface area contributed by atoms with E-state index in [9.17, 15) is 9.59 Å². The number of carbonyl (C=O) groups excluding carboxylic acids is 2. The summed E-state index contributed by atoms with van der Waals surface area (Å²) in [6, 6.07) is 34.9. The number of fused-ring (bicyclic) bond motifs is 1. The number of aromatic nitrogens is 3. The third kappa shape index (κ3) is 8.22. The minimum atomic E-state index is 0.158. The SMILES string of the molecule is CNCc1ccc(-c2nnc3cc(-c4cccc(-c5cccc(-c6ccc(CNC[C@H]7CCC(=O)N7)cc6)c5C)c4C)ccn23)cc1.O=C1CCCN1. The van der Waals surface area contributed by atoms with Gasteiger partial charge in [0.25, 0.3) is 0 Å². The summed E-state index contributed by atoms with van der Waals surface area (Å²) in [4.78, 5) is 21.6. The van der Waals surface area contributed by atoms with Gasteiger partial charge in [0, 0.05) is 56.8 Å². The fourth-order valence-electron chi connectivity index (χ4n) is 7.30. The van der Waals surface area contributed by atoms with Crippen molar-refractivity contribution in [2.24, 2.45) is 0 Å². The molecule has 9 nitrogen and oxygen atoms in total. The minimum Gasteiger partial charge on any atom is -0.356 e. The molecule has 0 saturated carbocycles. The van der Waals surface area contributed by atoms with Crippen molar-refractivity contribution in [1.82, 2.24) is 35.9 Å². The van der Waals surface area contributed by atoms with Gasteiger partial charge in [-0.15, -0.1) is 10.2 Å². The topological polar surface area (TPSA) is 112 Å². The van der Waals surface area contributed by atoms with Crippen LogP contribution in [0.2, 0.25) is 0 Å². The number of pyridine rings is 1. The van der Waals surface area contributed by atoms with Crippen molar-refractivity contribution < 1.29 is 9.59 Å². The molecular weight excluding hydrogens is 659 g/mol. The number of hydrogen-bond donors (Lipinski definition) is 4. The lowest BCUT2D eigenvalue weighted by atomic mass is 9.88. The lowest BCUT2D eigenvalue weighted by molar-refractivity contribution is -0.120. The third-order valence-electron chi connectivity index (χ3n) is 10.2. The first-order valence-electron chi connectivity index (χ1n) is 18.5. The van der Waals surface area contributed by atoms with E-state index in [0.717, 1.165) is 68.0 Å². The first kappa shape index (κ1) is 35.7. The first-order chi connectivity index (χ1) is 25.9. The zero-order valence-electron chi connectivity index (χ0n) is 30.7. The molecule has 0 bridgehead atoms. The number of amides is 2. The predicted octanol–water partition coefficient (Wildman–Crippen LogP) is 7.00. The monoisotopic (exact) mass is 705 g/mol. The highest BCUT2D eigenvalue weighted by atomic mass is 16.2. The van der Waals surface area contributed by atoms with E-state index < -0.39 is 0 Å². The molecule has 2 aliphatic rings. The Morgan fingerprint density at radius 2 is 1.36 bits per heavy atom. The maximum absolute atomic E-state index is 11.5. The average Bonchev–Trinajstić information content (AvgIpc) is 3.94. The standard InChI is InChI=1S/C40H40N6O.C4H7NO/c1-26-34(30-14-10-29(11-15-30)24-42-25-33-18-19-39(47)43-33)6-4-8-36(26)37-9-5-7-35(27(37)2)32-20-21-46-38(22-32)44-45-40(46)31-16-12-28(13-17-31)23-41-3;6-4-2-1-3-5-4/h4-17,20-22,33,41-42H,18-19,23-25H2,1-3H3,(H,43,47);1-3H2,(H,5,6)/t33-;/m1./s1. The molecule has 2 amide bonds. The highest BCUT2D eigenvalue weighted by molar-refractivity contribution is 5.84. The summed E-state index contributed by atoms with van der Waals surface area (Å²) < 4.78 is 2.06. The largest absolute Gasteiger partial charge is 0.356 e. The molecule has 2 fully saturated rings. The summed E-state index contributed by atoms with van der Waals surface area (Å²) in [5.41, 5.74) is 14.0. The van der Waals surface area contributed by atoms with Crippen LogP contribution in [0.3, 0.4) is 0 Å². The summed E-state index contributed by atoms with van der Waals surface area (Å²) in [5, 5.41) is 21.5. The molecule has 6 aromatic rings. The van der Waals surface area contributed by atoms with E-state index in [1.807, 2.05) is 7.05 Å². The molecule has 4 aromatic carbocycles. The second-order valence-electron chi connectivity index (χ2n) is 13.9. The van der Waals surface area contributed by atoms with Crippen LogP contribution >= 0.6 is 0 Å². The van der Waals surface area contributed by atoms with Gasteiger partial charge in [-0.1, -0.05) is 84.9 Å². The summed E-state index contributed by atoms with van der Waals surface area (Å²) in [6.07, 6.45) is 5.38. The maximum Gasteiger partial charge on any atom is 0.220 e. The Hall–Kier alpha value is -5.64. The molecule has 4 N–H and O–H groups in total. The molecule has 0 spiro atoms. The van der Waals surface area contributed by atoms with Gasteiger partial charge in [-0.2, -0.15) is 0 Å². The smallest absolute Gasteiger partial charge is 0.220 e. The van der Waals surface area contributed by atoms with Gasteiger partial charge >= 0.3 is 0 Å². The lowest BCUT2D eigenvalue weighted by Crippen LogP contribution is -2.35. The number of nitrogens with zero attached hydrogens (tertiary/aromatic N) is 3. The molecule has 0 aliphatic carbocycles. The summed E-state index contributed by atoms with van der Waals surface area (Å²) in [7, 11) is 1.95. The predicted molar refractivity (Wildman–Crippen MR) is 212 cm³/mol. The quantitative estimate of drug-likeness (QED) is 0.122. The number of rotatable bonds is 10. The lowest BCUT2D eigenvalue weighted by Gasteiger charge is -2.17. The second-order valence-corrected chi connectivity index (χ2v) is 13.9. The zero-order valence-corrected chi connectivity index (χ0v) is 30.7. The van der Waals surface area contributed by atoms with Gasteiger partial charge in [-0.25, -0.2) is 0 Å². The number of nitrogens with one attached hydrogen (secondary N) is 4. The number of carbonyl (C=O) groups is 2. The fourth-order valence-corrected chi connectivity index (χ4v) is 7.30. The third-order valence-corrected chi connectivity index (χ3v) is 10.2. The molecule has 270 valence electrons. The van der Waals surface area contributed by atoms with Crippen molar-refractivity contribution in [3.63, 3.8) is 0 Å². The van der Waals surface area contributed by atoms with E-state index >= 15 is 0 Å². The van der Waals surface area contributed by atoms with Gasteiger partial charge in [0.2, 0.25) is 11.8 Å². The fraction of sp³-hybridized carbons (Fsp3) is 0.273. The van der Waals surface area contributed by atoms with E-state index in [4.69, 9.17) is 0 Å². The van der Waals surface area contributed by atoms with E-state index in [2.05, 4.69) is 153 Å². The van der Waals surface area contributed by atoms with Crippen LogP contribution in [0.4, 0.5) is 0 Å². The molecule has 2 saturated heterocycles. The molecule has 0 radical (unpaired) electrons. The van der Waals surface area contributed by atoms with Crippen molar-refractivity contribution >= 4 is 17.5 Å². The van der Waals surface area contributed by atoms with Crippen LogP contribution in [-0.2, 0) is 22.7 Å². The maximum atomic E-state index is 11.5. The highest BCUT2D eigenvalue weighted by Gasteiger charge is 2.20. The Morgan fingerprint density at radius 3 is 1.94 bits per heavy atom. The Bertz CT molecular complexity index is 2220. The first-order valence-corrected chi connectivity index (χ1v) is 18.5. The van der Waals surface area contributed by atoms with Gasteiger partial charge in [0.15, 0.2) is 11.5 Å². The Morgan fingerprint density at radius 1 is 0.717 bits per heavy atom. The molecule has 9 heteroatoms. The molecule has 1 atom stereocenters. The van der Waals surface area contributed by atoms with Crippen molar-refractivity contribution in [3.8, 4) is 44.8 Å². The van der Waals surface area contributed by atoms with Gasteiger partial charge < -0.3 is 21.3 Å². The minimum absolute atomic E-state index is 0.158. The van der Waals surface area contributed by atoms with Crippen LogP contribution in [-0.4, -0.2) is 52.6 Å². The summed E-state index contributed by atoms with van der Waals surface area (Å²) in [5.74, 6) is 1.20. The van der Waals surface area contributed by atoms with Crippen molar-refractivity contribution in [2.75, 3.05) is 20.1 Å². The van der Waals surface area contributed by atoms with E-state index in [-0.39, 0.29) is 17.9 Å². The molecule has 8 rings (SSSR count). The van der Waals surface area contributed by atoms with Gasteiger partial charge in [-0.3, -0.25) is 14.0 Å². The van der Waals surface area contributed by atoms with Gasteiger partial charge in [0.1, 0.15) is 0 Å². The molecule has 2 aromatic heterocycles. The highest BCUT2D eigenvalue weighted by Crippen LogP contribution is 2.37. The molecular formula is C44H47N7O2. The Balaban J connectivity index is 0.000000661. The molecule has 2 aliphatic heterocycles. The van der Waals surface area contributed by atoms with Crippen LogP contribution in [0.15, 0.2) is 103 Å². The summed E-state index contributed by atoms with van der Waals surface area (Å²) in [6.45, 7) is 7.73. The van der Waals surface area contributed by atoms with Crippen LogP contribution in [0.25, 0.3) is 50.4 Å². The zero-order chi connectivity index (χ0) is 36.7. The van der Waals surface area contributed by atoms with Gasteiger partial charge in [0.05, 0.1) is 0 Å². The molecule has 53 heavy (non-hydrogen) atoms. The Kier molecular flexibility index (Phi) is 11.0.